The van der Waals surface area contributed by atoms with E-state index in [2.05, 4.69) is 11.0 Å². The van der Waals surface area contributed by atoms with E-state index in [4.69, 9.17) is 16.6 Å². The van der Waals surface area contributed by atoms with Crippen molar-refractivity contribution in [3.63, 3.8) is 0 Å². The number of fused-ring (bicyclic) bond motifs is 1. The molecule has 1 atom stereocenters. The lowest BCUT2D eigenvalue weighted by Gasteiger charge is -2.32. The largest absolute Gasteiger partial charge is 0.341 e. The molecule has 0 amide bonds. The zero-order valence-corrected chi connectivity index (χ0v) is 16.6. The molecule has 0 N–H and O–H groups in total. The monoisotopic (exact) mass is 398 g/mol. The van der Waals surface area contributed by atoms with Gasteiger partial charge < -0.3 is 4.90 Å². The molecule has 1 unspecified atom stereocenters. The van der Waals surface area contributed by atoms with Crippen LogP contribution in [0.3, 0.4) is 0 Å². The molecule has 3 heterocycles. The summed E-state index contributed by atoms with van der Waals surface area (Å²) in [6, 6.07) is 9.60. The van der Waals surface area contributed by atoms with Crippen LogP contribution < -0.4 is 10.5 Å². The van der Waals surface area contributed by atoms with Gasteiger partial charge in [0, 0.05) is 13.1 Å². The molecule has 1 fully saturated rings. The summed E-state index contributed by atoms with van der Waals surface area (Å²) >= 11 is 7.88. The maximum atomic E-state index is 13.3. The van der Waals surface area contributed by atoms with Crippen LogP contribution in [0.5, 0.6) is 0 Å². The Hall–Kier alpha value is -2.36. The van der Waals surface area contributed by atoms with Crippen LogP contribution in [0.15, 0.2) is 34.4 Å². The predicted molar refractivity (Wildman–Crippen MR) is 110 cm³/mol. The van der Waals surface area contributed by atoms with Crippen molar-refractivity contribution in [1.82, 2.24) is 9.55 Å². The van der Waals surface area contributed by atoms with Crippen molar-refractivity contribution in [3.05, 3.63) is 56.7 Å². The summed E-state index contributed by atoms with van der Waals surface area (Å²) in [7, 11) is 0. The second-order valence-corrected chi connectivity index (χ2v) is 8.33. The van der Waals surface area contributed by atoms with E-state index in [0.717, 1.165) is 35.3 Å². The van der Waals surface area contributed by atoms with E-state index in [9.17, 15) is 10.1 Å². The highest BCUT2D eigenvalue weighted by Crippen LogP contribution is 2.27. The summed E-state index contributed by atoms with van der Waals surface area (Å²) in [6.07, 6.45) is 1.94. The second-order valence-electron chi connectivity index (χ2n) is 6.86. The van der Waals surface area contributed by atoms with Crippen LogP contribution in [-0.4, -0.2) is 28.0 Å². The number of nitrogens with zero attached hydrogens (tertiary/aromatic N) is 4. The summed E-state index contributed by atoms with van der Waals surface area (Å²) in [4.78, 5) is 21.0. The zero-order chi connectivity index (χ0) is 19.0. The molecular weight excluding hydrogens is 380 g/mol. The lowest BCUT2D eigenvalue weighted by atomic mass is 10.1. The number of benzene rings is 1. The number of thiophene rings is 1. The third-order valence-electron chi connectivity index (χ3n) is 4.97. The Kier molecular flexibility index (Phi) is 4.90. The first-order chi connectivity index (χ1) is 13.1. The number of aromatic nitrogens is 2. The van der Waals surface area contributed by atoms with E-state index >= 15 is 0 Å². The third kappa shape index (κ3) is 3.33. The number of halogens is 1. The SMILES string of the molecule is Cc1csc2nc(N3CCCC(Cl)C3)n(Cc3ccccc3C#N)c(=O)c12. The van der Waals surface area contributed by atoms with E-state index in [1.54, 1.807) is 10.6 Å². The van der Waals surface area contributed by atoms with Gasteiger partial charge in [0.2, 0.25) is 5.95 Å². The van der Waals surface area contributed by atoms with Gasteiger partial charge in [-0.05, 0) is 42.3 Å². The molecule has 27 heavy (non-hydrogen) atoms. The Labute approximate surface area is 166 Å². The fourth-order valence-electron chi connectivity index (χ4n) is 3.58. The molecule has 1 saturated heterocycles. The number of hydrogen-bond acceptors (Lipinski definition) is 5. The minimum Gasteiger partial charge on any atom is -0.341 e. The number of alkyl halides is 1. The Morgan fingerprint density at radius 2 is 2.22 bits per heavy atom. The Morgan fingerprint density at radius 3 is 3.00 bits per heavy atom. The standard InChI is InChI=1S/C20H19ClN4OS/c1-13-12-27-18-17(13)19(26)25(10-15-6-3-2-5-14(15)9-22)20(23-18)24-8-4-7-16(21)11-24/h2-3,5-6,12,16H,4,7-8,10-11H2,1H3. The summed E-state index contributed by atoms with van der Waals surface area (Å²) < 4.78 is 1.70. The first-order valence-corrected chi connectivity index (χ1v) is 10.3. The number of hydrogen-bond donors (Lipinski definition) is 0. The van der Waals surface area contributed by atoms with Gasteiger partial charge in [0.1, 0.15) is 4.83 Å². The number of rotatable bonds is 3. The Balaban J connectivity index is 1.89. The van der Waals surface area contributed by atoms with Gasteiger partial charge in [0.25, 0.3) is 5.56 Å². The van der Waals surface area contributed by atoms with Crippen LogP contribution in [-0.2, 0) is 6.54 Å². The van der Waals surface area contributed by atoms with Gasteiger partial charge in [-0.3, -0.25) is 9.36 Å². The molecule has 1 aliphatic heterocycles. The average molecular weight is 399 g/mol. The van der Waals surface area contributed by atoms with E-state index in [0.29, 0.717) is 30.0 Å². The van der Waals surface area contributed by atoms with Crippen molar-refractivity contribution in [2.75, 3.05) is 18.0 Å². The summed E-state index contributed by atoms with van der Waals surface area (Å²) in [5.41, 5.74) is 2.27. The molecule has 2 aromatic heterocycles. The minimum absolute atomic E-state index is 0.0521. The highest BCUT2D eigenvalue weighted by Gasteiger charge is 2.24. The van der Waals surface area contributed by atoms with Crippen molar-refractivity contribution < 1.29 is 0 Å². The first kappa shape index (κ1) is 18.0. The van der Waals surface area contributed by atoms with Crippen LogP contribution in [0, 0.1) is 18.3 Å². The fourth-order valence-corrected chi connectivity index (χ4v) is 4.81. The van der Waals surface area contributed by atoms with E-state index in [1.165, 1.54) is 11.3 Å². The van der Waals surface area contributed by atoms with Crippen molar-refractivity contribution >= 4 is 39.1 Å². The van der Waals surface area contributed by atoms with Crippen LogP contribution in [0.2, 0.25) is 0 Å². The molecule has 1 aromatic carbocycles. The maximum absolute atomic E-state index is 13.3. The van der Waals surface area contributed by atoms with Gasteiger partial charge in [0.15, 0.2) is 0 Å². The minimum atomic E-state index is -0.0572. The topological polar surface area (TPSA) is 61.9 Å². The van der Waals surface area contributed by atoms with Crippen LogP contribution in [0.4, 0.5) is 5.95 Å². The lowest BCUT2D eigenvalue weighted by molar-refractivity contribution is 0.559. The van der Waals surface area contributed by atoms with E-state index < -0.39 is 0 Å². The summed E-state index contributed by atoms with van der Waals surface area (Å²) in [5.74, 6) is 0.646. The highest BCUT2D eigenvalue weighted by molar-refractivity contribution is 7.16. The highest BCUT2D eigenvalue weighted by atomic mass is 35.5. The quantitative estimate of drug-likeness (QED) is 0.628. The predicted octanol–water partition coefficient (Wildman–Crippen LogP) is 3.89. The van der Waals surface area contributed by atoms with Gasteiger partial charge in [-0.1, -0.05) is 18.2 Å². The molecule has 0 bridgehead atoms. The zero-order valence-electron chi connectivity index (χ0n) is 15.0. The number of piperidine rings is 1. The molecule has 0 spiro atoms. The number of anilines is 1. The lowest BCUT2D eigenvalue weighted by Crippen LogP contribution is -2.40. The Bertz CT molecular complexity index is 1100. The maximum Gasteiger partial charge on any atom is 0.264 e. The van der Waals surface area contributed by atoms with Crippen molar-refractivity contribution in [1.29, 1.82) is 5.26 Å². The van der Waals surface area contributed by atoms with Crippen molar-refractivity contribution in [3.8, 4) is 6.07 Å². The Morgan fingerprint density at radius 1 is 1.41 bits per heavy atom. The summed E-state index contributed by atoms with van der Waals surface area (Å²) in [6.45, 7) is 3.75. The third-order valence-corrected chi connectivity index (χ3v) is 6.32. The molecular formula is C20H19ClN4OS. The molecule has 1 aliphatic rings. The molecule has 5 nitrogen and oxygen atoms in total. The van der Waals surface area contributed by atoms with Gasteiger partial charge >= 0.3 is 0 Å². The molecule has 138 valence electrons. The van der Waals surface area contributed by atoms with Gasteiger partial charge in [-0.15, -0.1) is 22.9 Å². The average Bonchev–Trinajstić information content (AvgIpc) is 3.05. The van der Waals surface area contributed by atoms with Crippen molar-refractivity contribution in [2.45, 2.75) is 31.7 Å². The van der Waals surface area contributed by atoms with Crippen LogP contribution in [0.25, 0.3) is 10.2 Å². The van der Waals surface area contributed by atoms with Gasteiger partial charge in [0.05, 0.1) is 28.9 Å². The fraction of sp³-hybridized carbons (Fsp3) is 0.350. The van der Waals surface area contributed by atoms with E-state index in [1.807, 2.05) is 30.5 Å². The molecule has 0 aliphatic carbocycles. The molecule has 3 aromatic rings. The molecule has 0 radical (unpaired) electrons. The van der Waals surface area contributed by atoms with Gasteiger partial charge in [-0.25, -0.2) is 4.98 Å². The number of nitriles is 1. The molecule has 7 heteroatoms. The van der Waals surface area contributed by atoms with Crippen LogP contribution in [0.1, 0.15) is 29.5 Å². The first-order valence-electron chi connectivity index (χ1n) is 8.94. The van der Waals surface area contributed by atoms with E-state index in [-0.39, 0.29) is 10.9 Å². The normalized spacial score (nSPS) is 17.2. The summed E-state index contributed by atoms with van der Waals surface area (Å²) in [5, 5.41) is 12.1. The van der Waals surface area contributed by atoms with Crippen LogP contribution >= 0.6 is 22.9 Å². The molecule has 0 saturated carbocycles. The number of aryl methyl sites for hydroxylation is 1. The van der Waals surface area contributed by atoms with Gasteiger partial charge in [-0.2, -0.15) is 5.26 Å². The van der Waals surface area contributed by atoms with Crippen molar-refractivity contribution in [2.24, 2.45) is 0 Å². The molecule has 4 rings (SSSR count). The smallest absolute Gasteiger partial charge is 0.264 e. The second kappa shape index (κ2) is 7.34.